The van der Waals surface area contributed by atoms with Crippen molar-refractivity contribution < 1.29 is 4.79 Å². The number of hydrogen-bond donors (Lipinski definition) is 2. The number of nitrogens with one attached hydrogen (secondary N) is 2. The number of benzene rings is 1. The number of aromatic nitrogens is 3. The van der Waals surface area contributed by atoms with Crippen molar-refractivity contribution in [1.82, 2.24) is 15.0 Å². The van der Waals surface area contributed by atoms with Gasteiger partial charge >= 0.3 is 0 Å². The fraction of sp³-hybridized carbons (Fsp3) is 0.238. The van der Waals surface area contributed by atoms with Crippen molar-refractivity contribution in [3.63, 3.8) is 0 Å². The van der Waals surface area contributed by atoms with Gasteiger partial charge in [-0.15, -0.1) is 0 Å². The Morgan fingerprint density at radius 2 is 1.79 bits per heavy atom. The van der Waals surface area contributed by atoms with Gasteiger partial charge < -0.3 is 15.5 Å². The van der Waals surface area contributed by atoms with Crippen molar-refractivity contribution in [2.45, 2.75) is 19.4 Å². The summed E-state index contributed by atoms with van der Waals surface area (Å²) in [7, 11) is 0. The summed E-state index contributed by atoms with van der Waals surface area (Å²) in [5.41, 5.74) is 3.11. The monoisotopic (exact) mass is 374 g/mol. The van der Waals surface area contributed by atoms with Crippen molar-refractivity contribution in [3.05, 3.63) is 72.4 Å². The summed E-state index contributed by atoms with van der Waals surface area (Å²) in [4.78, 5) is 27.4. The summed E-state index contributed by atoms with van der Waals surface area (Å²) in [6, 6.07) is 13.6. The highest BCUT2D eigenvalue weighted by atomic mass is 16.1. The van der Waals surface area contributed by atoms with Gasteiger partial charge in [-0.2, -0.15) is 0 Å². The van der Waals surface area contributed by atoms with E-state index in [4.69, 9.17) is 0 Å². The van der Waals surface area contributed by atoms with Crippen LogP contribution >= 0.6 is 0 Å². The van der Waals surface area contributed by atoms with Gasteiger partial charge in [0.2, 0.25) is 0 Å². The van der Waals surface area contributed by atoms with Gasteiger partial charge in [-0.1, -0.05) is 6.07 Å². The Hall–Kier alpha value is -3.48. The molecule has 2 N–H and O–H groups in total. The lowest BCUT2D eigenvalue weighted by atomic mass is 10.2. The van der Waals surface area contributed by atoms with Crippen molar-refractivity contribution in [2.24, 2.45) is 0 Å². The number of pyridine rings is 1. The van der Waals surface area contributed by atoms with Crippen molar-refractivity contribution in [2.75, 3.05) is 28.6 Å². The smallest absolute Gasteiger partial charge is 0.275 e. The van der Waals surface area contributed by atoms with Gasteiger partial charge in [-0.3, -0.25) is 9.78 Å². The third-order valence-electron chi connectivity index (χ3n) is 4.66. The second kappa shape index (κ2) is 8.47. The zero-order chi connectivity index (χ0) is 19.2. The van der Waals surface area contributed by atoms with Crippen LogP contribution in [0.25, 0.3) is 0 Å². The highest BCUT2D eigenvalue weighted by Gasteiger charge is 2.13. The van der Waals surface area contributed by atoms with Gasteiger partial charge in [-0.25, -0.2) is 9.97 Å². The van der Waals surface area contributed by atoms with E-state index in [1.165, 1.54) is 24.7 Å². The second-order valence-electron chi connectivity index (χ2n) is 6.66. The van der Waals surface area contributed by atoms with Gasteiger partial charge in [-0.05, 0) is 49.2 Å². The average Bonchev–Trinajstić information content (AvgIpc) is 3.29. The zero-order valence-electron chi connectivity index (χ0n) is 15.5. The van der Waals surface area contributed by atoms with Crippen LogP contribution in [0.4, 0.5) is 17.2 Å². The highest BCUT2D eigenvalue weighted by molar-refractivity contribution is 6.02. The van der Waals surface area contributed by atoms with Crippen molar-refractivity contribution >= 4 is 23.1 Å². The summed E-state index contributed by atoms with van der Waals surface area (Å²) in [5, 5.41) is 6.00. The second-order valence-corrected chi connectivity index (χ2v) is 6.66. The van der Waals surface area contributed by atoms with Crippen molar-refractivity contribution in [1.29, 1.82) is 0 Å². The lowest BCUT2D eigenvalue weighted by Crippen LogP contribution is -2.18. The lowest BCUT2D eigenvalue weighted by molar-refractivity contribution is 0.102. The fourth-order valence-corrected chi connectivity index (χ4v) is 3.15. The normalized spacial score (nSPS) is 13.4. The summed E-state index contributed by atoms with van der Waals surface area (Å²) in [5.74, 6) is 0.315. The zero-order valence-corrected chi connectivity index (χ0v) is 15.5. The lowest BCUT2D eigenvalue weighted by Gasteiger charge is -2.17. The number of carbonyl (C=O) groups excluding carboxylic acids is 1. The largest absolute Gasteiger partial charge is 0.372 e. The Labute approximate surface area is 163 Å². The third kappa shape index (κ3) is 4.43. The fourth-order valence-electron chi connectivity index (χ4n) is 3.15. The average molecular weight is 374 g/mol. The minimum atomic E-state index is -0.280. The van der Waals surface area contributed by atoms with Gasteiger partial charge in [0.25, 0.3) is 5.91 Å². The molecule has 0 spiro atoms. The van der Waals surface area contributed by atoms with Crippen LogP contribution in [0.2, 0.25) is 0 Å². The van der Waals surface area contributed by atoms with E-state index in [2.05, 4.69) is 30.5 Å². The van der Waals surface area contributed by atoms with Crippen LogP contribution in [0.1, 0.15) is 29.0 Å². The molecule has 0 aliphatic carbocycles. The van der Waals surface area contributed by atoms with Crippen LogP contribution < -0.4 is 15.5 Å². The molecule has 1 saturated heterocycles. The summed E-state index contributed by atoms with van der Waals surface area (Å²) >= 11 is 0. The minimum absolute atomic E-state index is 0.270. The predicted molar refractivity (Wildman–Crippen MR) is 109 cm³/mol. The van der Waals surface area contributed by atoms with E-state index >= 15 is 0 Å². The molecule has 28 heavy (non-hydrogen) atoms. The van der Waals surface area contributed by atoms with Gasteiger partial charge in [0.15, 0.2) is 0 Å². The SMILES string of the molecule is O=C(Nc1ccc(N2CCCC2)cc1)c1cnc(NCc2ccccn2)cn1. The Bertz CT molecular complexity index is 906. The van der Waals surface area contributed by atoms with Crippen LogP contribution in [0, 0.1) is 0 Å². The first-order valence-corrected chi connectivity index (χ1v) is 9.40. The molecule has 1 aromatic carbocycles. The Kier molecular flexibility index (Phi) is 5.42. The molecule has 1 aliphatic heterocycles. The molecule has 3 aromatic rings. The molecule has 0 saturated carbocycles. The maximum Gasteiger partial charge on any atom is 0.275 e. The molecule has 1 aliphatic rings. The first-order chi connectivity index (χ1) is 13.8. The molecule has 1 amide bonds. The Morgan fingerprint density at radius 1 is 0.964 bits per heavy atom. The van der Waals surface area contributed by atoms with Gasteiger partial charge in [0.05, 0.1) is 24.6 Å². The molecule has 0 bridgehead atoms. The van der Waals surface area contributed by atoms with Crippen LogP contribution in [0.5, 0.6) is 0 Å². The maximum absolute atomic E-state index is 12.4. The number of hydrogen-bond acceptors (Lipinski definition) is 6. The van der Waals surface area contributed by atoms with Crippen LogP contribution in [0.3, 0.4) is 0 Å². The molecule has 3 heterocycles. The highest BCUT2D eigenvalue weighted by Crippen LogP contribution is 2.22. The molecule has 1 fully saturated rings. The van der Waals surface area contributed by atoms with Gasteiger partial charge in [0.1, 0.15) is 11.5 Å². The quantitative estimate of drug-likeness (QED) is 0.689. The molecular formula is C21H22N6O. The number of amides is 1. The number of nitrogens with zero attached hydrogens (tertiary/aromatic N) is 4. The Balaban J connectivity index is 1.33. The summed E-state index contributed by atoms with van der Waals surface area (Å²) in [6.07, 6.45) is 7.24. The molecule has 2 aromatic heterocycles. The topological polar surface area (TPSA) is 83.0 Å². The van der Waals surface area contributed by atoms with E-state index in [0.717, 1.165) is 24.5 Å². The first kappa shape index (κ1) is 17.9. The Morgan fingerprint density at radius 3 is 2.46 bits per heavy atom. The summed E-state index contributed by atoms with van der Waals surface area (Å²) in [6.45, 7) is 2.74. The molecule has 7 nitrogen and oxygen atoms in total. The van der Waals surface area contributed by atoms with Crippen LogP contribution in [0.15, 0.2) is 61.1 Å². The molecule has 142 valence electrons. The van der Waals surface area contributed by atoms with Gasteiger partial charge in [0, 0.05) is 30.7 Å². The van der Waals surface area contributed by atoms with E-state index in [-0.39, 0.29) is 11.6 Å². The van der Waals surface area contributed by atoms with E-state index in [0.29, 0.717) is 12.4 Å². The molecule has 7 heteroatoms. The molecular weight excluding hydrogens is 352 g/mol. The number of anilines is 3. The molecule has 0 atom stereocenters. The predicted octanol–water partition coefficient (Wildman–Crippen LogP) is 3.34. The molecule has 0 unspecified atom stereocenters. The molecule has 4 rings (SSSR count). The minimum Gasteiger partial charge on any atom is -0.372 e. The number of rotatable bonds is 6. The molecule has 0 radical (unpaired) electrons. The van der Waals surface area contributed by atoms with E-state index in [9.17, 15) is 4.79 Å². The summed E-state index contributed by atoms with van der Waals surface area (Å²) < 4.78 is 0. The first-order valence-electron chi connectivity index (χ1n) is 9.40. The third-order valence-corrected chi connectivity index (χ3v) is 4.66. The number of carbonyl (C=O) groups is 1. The van der Waals surface area contributed by atoms with Crippen LogP contribution in [-0.2, 0) is 6.54 Å². The van der Waals surface area contributed by atoms with E-state index in [1.54, 1.807) is 12.4 Å². The van der Waals surface area contributed by atoms with Crippen LogP contribution in [-0.4, -0.2) is 33.9 Å². The van der Waals surface area contributed by atoms with E-state index in [1.807, 2.05) is 42.5 Å². The van der Waals surface area contributed by atoms with Crippen molar-refractivity contribution in [3.8, 4) is 0 Å². The maximum atomic E-state index is 12.4. The standard InChI is InChI=1S/C21H22N6O/c28-21(26-16-6-8-18(9-7-16)27-11-3-4-12-27)19-14-25-20(15-23-19)24-13-17-5-1-2-10-22-17/h1-2,5-10,14-15H,3-4,11-13H2,(H,24,25)(H,26,28). The van der Waals surface area contributed by atoms with E-state index < -0.39 is 0 Å².